The fourth-order valence-corrected chi connectivity index (χ4v) is 2.34. The van der Waals surface area contributed by atoms with E-state index in [9.17, 15) is 0 Å². The smallest absolute Gasteiger partial charge is 0.139 e. The standard InChI is InChI=1S/C14H12BrN3O/c1-19-11-5-2-9(3-6-11)13-14(16)18-8-10(15)4-7-12(18)17-13/h2-8H,16H2,1H3. The van der Waals surface area contributed by atoms with Crippen LogP contribution in [0.25, 0.3) is 16.9 Å². The van der Waals surface area contributed by atoms with E-state index in [1.807, 2.05) is 47.0 Å². The Bertz CT molecular complexity index is 734. The number of nitrogens with two attached hydrogens (primary N) is 1. The van der Waals surface area contributed by atoms with Crippen molar-refractivity contribution in [2.45, 2.75) is 0 Å². The van der Waals surface area contributed by atoms with Crippen molar-refractivity contribution in [1.82, 2.24) is 9.38 Å². The molecule has 4 nitrogen and oxygen atoms in total. The number of benzene rings is 1. The molecule has 0 aliphatic rings. The molecule has 0 aliphatic heterocycles. The van der Waals surface area contributed by atoms with Crippen LogP contribution in [0.2, 0.25) is 0 Å². The first-order chi connectivity index (χ1) is 9.19. The van der Waals surface area contributed by atoms with Crippen LogP contribution in [0.4, 0.5) is 5.82 Å². The predicted octanol–water partition coefficient (Wildman–Crippen LogP) is 3.35. The summed E-state index contributed by atoms with van der Waals surface area (Å²) >= 11 is 3.43. The van der Waals surface area contributed by atoms with Gasteiger partial charge in [-0.15, -0.1) is 0 Å². The van der Waals surface area contributed by atoms with Crippen LogP contribution in [0.15, 0.2) is 47.1 Å². The molecule has 96 valence electrons. The number of fused-ring (bicyclic) bond motifs is 1. The molecule has 0 fully saturated rings. The molecule has 0 saturated heterocycles. The summed E-state index contributed by atoms with van der Waals surface area (Å²) in [5.74, 6) is 1.44. The van der Waals surface area contributed by atoms with Crippen molar-refractivity contribution in [3.05, 3.63) is 47.1 Å². The van der Waals surface area contributed by atoms with Gasteiger partial charge in [-0.25, -0.2) is 4.98 Å². The summed E-state index contributed by atoms with van der Waals surface area (Å²) in [7, 11) is 1.64. The predicted molar refractivity (Wildman–Crippen MR) is 79.3 cm³/mol. The Morgan fingerprint density at radius 2 is 1.89 bits per heavy atom. The maximum atomic E-state index is 6.16. The zero-order valence-corrected chi connectivity index (χ0v) is 11.9. The van der Waals surface area contributed by atoms with Gasteiger partial charge in [0.05, 0.1) is 7.11 Å². The number of halogens is 1. The molecule has 3 rings (SSSR count). The maximum Gasteiger partial charge on any atom is 0.139 e. The number of hydrogen-bond acceptors (Lipinski definition) is 3. The summed E-state index contributed by atoms with van der Waals surface area (Å²) in [6.07, 6.45) is 1.91. The number of pyridine rings is 1. The van der Waals surface area contributed by atoms with Gasteiger partial charge in [0.15, 0.2) is 0 Å². The van der Waals surface area contributed by atoms with Crippen molar-refractivity contribution in [2.75, 3.05) is 12.8 Å². The minimum atomic E-state index is 0.626. The van der Waals surface area contributed by atoms with E-state index in [4.69, 9.17) is 10.5 Å². The lowest BCUT2D eigenvalue weighted by atomic mass is 10.1. The molecule has 0 aliphatic carbocycles. The molecule has 0 radical (unpaired) electrons. The molecule has 2 heterocycles. The van der Waals surface area contributed by atoms with Gasteiger partial charge in [-0.05, 0) is 52.3 Å². The van der Waals surface area contributed by atoms with Gasteiger partial charge in [-0.2, -0.15) is 0 Å². The lowest BCUT2D eigenvalue weighted by Crippen LogP contribution is -1.94. The summed E-state index contributed by atoms with van der Waals surface area (Å²) in [5, 5.41) is 0. The average Bonchev–Trinajstić information content (AvgIpc) is 2.76. The van der Waals surface area contributed by atoms with Gasteiger partial charge in [0.1, 0.15) is 22.9 Å². The van der Waals surface area contributed by atoms with Crippen LogP contribution >= 0.6 is 15.9 Å². The van der Waals surface area contributed by atoms with E-state index >= 15 is 0 Å². The van der Waals surface area contributed by atoms with Gasteiger partial charge in [0, 0.05) is 16.2 Å². The molecule has 0 bridgehead atoms. The lowest BCUT2D eigenvalue weighted by molar-refractivity contribution is 0.415. The number of hydrogen-bond donors (Lipinski definition) is 1. The highest BCUT2D eigenvalue weighted by molar-refractivity contribution is 9.10. The Morgan fingerprint density at radius 1 is 1.16 bits per heavy atom. The van der Waals surface area contributed by atoms with Gasteiger partial charge in [0.2, 0.25) is 0 Å². The average molecular weight is 318 g/mol. The number of ether oxygens (including phenoxy) is 1. The van der Waals surface area contributed by atoms with Crippen LogP contribution in [0, 0.1) is 0 Å². The third kappa shape index (κ3) is 2.06. The maximum absolute atomic E-state index is 6.16. The van der Waals surface area contributed by atoms with Gasteiger partial charge in [-0.3, -0.25) is 4.40 Å². The fraction of sp³-hybridized carbons (Fsp3) is 0.0714. The number of anilines is 1. The van der Waals surface area contributed by atoms with E-state index in [0.717, 1.165) is 27.1 Å². The van der Waals surface area contributed by atoms with Crippen LogP contribution in [0.5, 0.6) is 5.75 Å². The molecule has 19 heavy (non-hydrogen) atoms. The number of nitrogen functional groups attached to an aromatic ring is 1. The molecule has 0 saturated carbocycles. The zero-order valence-electron chi connectivity index (χ0n) is 10.3. The topological polar surface area (TPSA) is 52.5 Å². The molecule has 0 amide bonds. The summed E-state index contributed by atoms with van der Waals surface area (Å²) in [6.45, 7) is 0. The van der Waals surface area contributed by atoms with Crippen LogP contribution in [0.3, 0.4) is 0 Å². The largest absolute Gasteiger partial charge is 0.497 e. The third-order valence-electron chi connectivity index (χ3n) is 2.98. The van der Waals surface area contributed by atoms with Crippen molar-refractivity contribution in [1.29, 1.82) is 0 Å². The van der Waals surface area contributed by atoms with Crippen molar-refractivity contribution >= 4 is 27.4 Å². The molecule has 0 atom stereocenters. The molecule has 3 aromatic rings. The quantitative estimate of drug-likeness (QED) is 0.788. The summed E-state index contributed by atoms with van der Waals surface area (Å²) in [4.78, 5) is 4.56. The minimum Gasteiger partial charge on any atom is -0.497 e. The Morgan fingerprint density at radius 3 is 2.58 bits per heavy atom. The normalized spacial score (nSPS) is 10.8. The Hall–Kier alpha value is -2.01. The van der Waals surface area contributed by atoms with Crippen molar-refractivity contribution in [2.24, 2.45) is 0 Å². The number of imidazole rings is 1. The van der Waals surface area contributed by atoms with Crippen LogP contribution in [-0.4, -0.2) is 16.5 Å². The monoisotopic (exact) mass is 317 g/mol. The SMILES string of the molecule is COc1ccc(-c2nc3ccc(Br)cn3c2N)cc1. The van der Waals surface area contributed by atoms with Crippen molar-refractivity contribution in [3.8, 4) is 17.0 Å². The van der Waals surface area contributed by atoms with E-state index in [1.54, 1.807) is 7.11 Å². The van der Waals surface area contributed by atoms with Crippen LogP contribution < -0.4 is 10.5 Å². The van der Waals surface area contributed by atoms with Gasteiger partial charge in [-0.1, -0.05) is 0 Å². The summed E-state index contributed by atoms with van der Waals surface area (Å²) in [6, 6.07) is 11.6. The highest BCUT2D eigenvalue weighted by atomic mass is 79.9. The second kappa shape index (κ2) is 4.59. The fourth-order valence-electron chi connectivity index (χ4n) is 2.00. The molecular weight excluding hydrogens is 306 g/mol. The van der Waals surface area contributed by atoms with E-state index in [-0.39, 0.29) is 0 Å². The highest BCUT2D eigenvalue weighted by Gasteiger charge is 2.11. The molecule has 2 aromatic heterocycles. The summed E-state index contributed by atoms with van der Waals surface area (Å²) in [5.41, 5.74) is 8.73. The number of nitrogens with zero attached hydrogens (tertiary/aromatic N) is 2. The first kappa shape index (κ1) is 12.0. The van der Waals surface area contributed by atoms with Crippen LogP contribution in [0.1, 0.15) is 0 Å². The van der Waals surface area contributed by atoms with Gasteiger partial charge < -0.3 is 10.5 Å². The van der Waals surface area contributed by atoms with E-state index < -0.39 is 0 Å². The molecular formula is C14H12BrN3O. The summed E-state index contributed by atoms with van der Waals surface area (Å²) < 4.78 is 7.97. The molecule has 0 unspecified atom stereocenters. The Kier molecular flexibility index (Phi) is 2.91. The number of methoxy groups -OCH3 is 1. The first-order valence-corrected chi connectivity index (χ1v) is 6.56. The first-order valence-electron chi connectivity index (χ1n) is 5.76. The second-order valence-electron chi connectivity index (χ2n) is 4.15. The van der Waals surface area contributed by atoms with Crippen molar-refractivity contribution < 1.29 is 4.74 Å². The van der Waals surface area contributed by atoms with E-state index in [1.165, 1.54) is 0 Å². The van der Waals surface area contributed by atoms with Gasteiger partial charge >= 0.3 is 0 Å². The van der Waals surface area contributed by atoms with Crippen LogP contribution in [-0.2, 0) is 0 Å². The molecule has 5 heteroatoms. The minimum absolute atomic E-state index is 0.626. The molecule has 1 aromatic carbocycles. The number of rotatable bonds is 2. The molecule has 0 spiro atoms. The van der Waals surface area contributed by atoms with E-state index in [0.29, 0.717) is 5.82 Å². The zero-order chi connectivity index (χ0) is 13.4. The lowest BCUT2D eigenvalue weighted by Gasteiger charge is -2.02. The van der Waals surface area contributed by atoms with Crippen molar-refractivity contribution in [3.63, 3.8) is 0 Å². The highest BCUT2D eigenvalue weighted by Crippen LogP contribution is 2.28. The third-order valence-corrected chi connectivity index (χ3v) is 3.45. The molecule has 2 N–H and O–H groups in total. The number of aromatic nitrogens is 2. The second-order valence-corrected chi connectivity index (χ2v) is 5.07. The van der Waals surface area contributed by atoms with E-state index in [2.05, 4.69) is 20.9 Å². The van der Waals surface area contributed by atoms with Gasteiger partial charge in [0.25, 0.3) is 0 Å². The Balaban J connectivity index is 2.16. The Labute approximate surface area is 119 Å².